The largest absolute Gasteiger partial charge is 0.309 e. The minimum atomic E-state index is -2.88. The van der Waals surface area contributed by atoms with E-state index in [1.807, 2.05) is 12.1 Å². The summed E-state index contributed by atoms with van der Waals surface area (Å²) in [4.78, 5) is 13.0. The van der Waals surface area contributed by atoms with Gasteiger partial charge in [-0.2, -0.15) is 5.10 Å². The Hall–Kier alpha value is -1.47. The second kappa shape index (κ2) is 5.52. The summed E-state index contributed by atoms with van der Waals surface area (Å²) in [6, 6.07) is 3.74. The first-order valence-corrected chi connectivity index (χ1v) is 9.07. The molecule has 4 nitrogen and oxygen atoms in total. The van der Waals surface area contributed by atoms with Gasteiger partial charge < -0.3 is 5.32 Å². The van der Waals surface area contributed by atoms with Gasteiger partial charge in [-0.25, -0.2) is 8.78 Å². The minimum absolute atomic E-state index is 0.296. The number of aryl methyl sites for hydroxylation is 1. The Labute approximate surface area is 146 Å². The van der Waals surface area contributed by atoms with E-state index in [1.54, 1.807) is 11.7 Å². The molecule has 2 aromatic heterocycles. The zero-order valence-electron chi connectivity index (χ0n) is 13.0. The maximum atomic E-state index is 13.1. The van der Waals surface area contributed by atoms with E-state index in [1.165, 1.54) is 11.3 Å². The van der Waals surface area contributed by atoms with Gasteiger partial charge in [0.25, 0.3) is 5.92 Å². The van der Waals surface area contributed by atoms with Crippen molar-refractivity contribution in [3.8, 4) is 10.6 Å². The molecule has 0 unspecified atom stereocenters. The fraction of sp³-hybridized carbons (Fsp3) is 0.500. The number of aromatic nitrogens is 2. The van der Waals surface area contributed by atoms with Crippen LogP contribution >= 0.6 is 22.9 Å². The molecule has 2 fully saturated rings. The molecule has 1 N–H and O–H groups in total. The van der Waals surface area contributed by atoms with Crippen LogP contribution in [0.15, 0.2) is 12.1 Å². The number of nitrogens with one attached hydrogen (secondary N) is 1. The number of thiophene rings is 1. The number of amides is 1. The van der Waals surface area contributed by atoms with Crippen molar-refractivity contribution in [1.82, 2.24) is 9.78 Å². The molecule has 0 saturated heterocycles. The summed E-state index contributed by atoms with van der Waals surface area (Å²) in [5, 5.41) is 7.04. The van der Waals surface area contributed by atoms with E-state index in [0.717, 1.165) is 35.4 Å². The van der Waals surface area contributed by atoms with Gasteiger partial charge in [-0.05, 0) is 30.9 Å². The molecule has 2 aromatic rings. The molecule has 2 saturated carbocycles. The quantitative estimate of drug-likeness (QED) is 0.849. The Morgan fingerprint density at radius 3 is 2.67 bits per heavy atom. The lowest BCUT2D eigenvalue weighted by atomic mass is 9.79. The highest BCUT2D eigenvalue weighted by Crippen LogP contribution is 2.50. The first-order valence-electron chi connectivity index (χ1n) is 7.88. The molecule has 0 bridgehead atoms. The van der Waals surface area contributed by atoms with Crippen molar-refractivity contribution < 1.29 is 13.6 Å². The van der Waals surface area contributed by atoms with Gasteiger partial charge in [0.2, 0.25) is 5.91 Å². The third-order valence-corrected chi connectivity index (χ3v) is 6.03. The molecular formula is C16H16ClF2N3OS. The topological polar surface area (TPSA) is 46.9 Å². The summed E-state index contributed by atoms with van der Waals surface area (Å²) in [5.74, 6) is -4.04. The molecule has 2 heterocycles. The molecule has 8 heteroatoms. The molecule has 0 aromatic carbocycles. The summed E-state index contributed by atoms with van der Waals surface area (Å²) < 4.78 is 28.7. The number of hydrogen-bond acceptors (Lipinski definition) is 3. The number of hydrogen-bond donors (Lipinski definition) is 1. The molecular weight excluding hydrogens is 356 g/mol. The average Bonchev–Trinajstić information content (AvgIpc) is 2.76. The Morgan fingerprint density at radius 2 is 2.17 bits per heavy atom. The lowest BCUT2D eigenvalue weighted by Crippen LogP contribution is -2.20. The number of carbonyl (C=O) groups excluding carboxylic acids is 1. The van der Waals surface area contributed by atoms with Gasteiger partial charge in [-0.1, -0.05) is 18.0 Å². The van der Waals surface area contributed by atoms with Crippen LogP contribution in [0.25, 0.3) is 10.6 Å². The van der Waals surface area contributed by atoms with Gasteiger partial charge in [0.05, 0.1) is 14.9 Å². The third kappa shape index (κ3) is 2.63. The smallest absolute Gasteiger partial charge is 0.260 e. The summed E-state index contributed by atoms with van der Waals surface area (Å²) in [5.41, 5.74) is 1.86. The van der Waals surface area contributed by atoms with Gasteiger partial charge in [0.1, 0.15) is 5.92 Å². The lowest BCUT2D eigenvalue weighted by molar-refractivity contribution is -0.119. The van der Waals surface area contributed by atoms with E-state index >= 15 is 0 Å². The van der Waals surface area contributed by atoms with Crippen LogP contribution in [-0.2, 0) is 11.8 Å². The van der Waals surface area contributed by atoms with E-state index in [2.05, 4.69) is 10.4 Å². The van der Waals surface area contributed by atoms with Gasteiger partial charge >= 0.3 is 0 Å². The first-order chi connectivity index (χ1) is 11.4. The summed E-state index contributed by atoms with van der Waals surface area (Å²) in [6.07, 6.45) is 2.77. The van der Waals surface area contributed by atoms with Gasteiger partial charge in [-0.15, -0.1) is 11.3 Å². The first kappa shape index (κ1) is 16.0. The van der Waals surface area contributed by atoms with Gasteiger partial charge in [0.15, 0.2) is 5.82 Å². The van der Waals surface area contributed by atoms with Crippen molar-refractivity contribution in [1.29, 1.82) is 0 Å². The zero-order chi connectivity index (χ0) is 17.1. The molecule has 24 heavy (non-hydrogen) atoms. The molecule has 0 spiro atoms. The highest BCUT2D eigenvalue weighted by molar-refractivity contribution is 7.19. The fourth-order valence-corrected chi connectivity index (χ4v) is 4.28. The SMILES string of the molecule is Cn1nc(NC(=O)[C@H]2CC2(F)F)c(C2CCC2)c1-c1ccc(Cl)s1. The van der Waals surface area contributed by atoms with Gasteiger partial charge in [-0.3, -0.25) is 9.48 Å². The van der Waals surface area contributed by atoms with Crippen LogP contribution in [0.4, 0.5) is 14.6 Å². The summed E-state index contributed by atoms with van der Waals surface area (Å²) in [7, 11) is 1.80. The normalized spacial score (nSPS) is 22.2. The molecule has 1 amide bonds. The van der Waals surface area contributed by atoms with Crippen LogP contribution in [0.5, 0.6) is 0 Å². The van der Waals surface area contributed by atoms with Crippen molar-refractivity contribution >= 4 is 34.7 Å². The molecule has 128 valence electrons. The second-order valence-electron chi connectivity index (χ2n) is 6.47. The highest BCUT2D eigenvalue weighted by atomic mass is 35.5. The average molecular weight is 372 g/mol. The molecule has 2 aliphatic carbocycles. The minimum Gasteiger partial charge on any atom is -0.309 e. The zero-order valence-corrected chi connectivity index (χ0v) is 14.6. The van der Waals surface area contributed by atoms with Crippen molar-refractivity contribution in [2.45, 2.75) is 37.5 Å². The fourth-order valence-electron chi connectivity index (χ4n) is 3.15. The number of nitrogens with zero attached hydrogens (tertiary/aromatic N) is 2. The summed E-state index contributed by atoms with van der Waals surface area (Å²) >= 11 is 7.49. The third-order valence-electron chi connectivity index (χ3n) is 4.79. The maximum absolute atomic E-state index is 13.1. The van der Waals surface area contributed by atoms with Crippen molar-refractivity contribution in [3.63, 3.8) is 0 Å². The van der Waals surface area contributed by atoms with Crippen molar-refractivity contribution in [3.05, 3.63) is 22.0 Å². The van der Waals surface area contributed by atoms with Crippen LogP contribution in [0.3, 0.4) is 0 Å². The lowest BCUT2D eigenvalue weighted by Gasteiger charge is -2.26. The van der Waals surface area contributed by atoms with E-state index in [-0.39, 0.29) is 6.42 Å². The predicted octanol–water partition coefficient (Wildman–Crippen LogP) is 4.66. The molecule has 4 rings (SSSR count). The number of alkyl halides is 2. The summed E-state index contributed by atoms with van der Waals surface area (Å²) in [6.45, 7) is 0. The number of rotatable bonds is 4. The molecule has 2 aliphatic rings. The van der Waals surface area contributed by atoms with E-state index in [4.69, 9.17) is 11.6 Å². The van der Waals surface area contributed by atoms with Crippen molar-refractivity contribution in [2.75, 3.05) is 5.32 Å². The Kier molecular flexibility index (Phi) is 3.69. The monoisotopic (exact) mass is 371 g/mol. The Balaban J connectivity index is 1.70. The number of anilines is 1. The number of carbonyl (C=O) groups is 1. The van der Waals surface area contributed by atoms with Crippen LogP contribution in [0, 0.1) is 5.92 Å². The Bertz CT molecular complexity index is 812. The maximum Gasteiger partial charge on any atom is 0.260 e. The van der Waals surface area contributed by atoms with Crippen molar-refractivity contribution in [2.24, 2.45) is 13.0 Å². The van der Waals surface area contributed by atoms with Crippen LogP contribution in [0.2, 0.25) is 4.34 Å². The molecule has 0 radical (unpaired) electrons. The van der Waals surface area contributed by atoms with E-state index < -0.39 is 17.7 Å². The van der Waals surface area contributed by atoms with Gasteiger partial charge in [0, 0.05) is 19.0 Å². The molecule has 0 aliphatic heterocycles. The Morgan fingerprint density at radius 1 is 1.46 bits per heavy atom. The predicted molar refractivity (Wildman–Crippen MR) is 89.8 cm³/mol. The van der Waals surface area contributed by atoms with E-state index in [0.29, 0.717) is 16.1 Å². The van der Waals surface area contributed by atoms with Crippen LogP contribution in [0.1, 0.15) is 37.2 Å². The van der Waals surface area contributed by atoms with E-state index in [9.17, 15) is 13.6 Å². The van der Waals surface area contributed by atoms with Crippen LogP contribution < -0.4 is 5.32 Å². The van der Waals surface area contributed by atoms with Crippen LogP contribution in [-0.4, -0.2) is 21.6 Å². The number of halogens is 3. The highest BCUT2D eigenvalue weighted by Gasteiger charge is 2.61. The standard InChI is InChI=1S/C16H16ClF2N3OS/c1-22-13(10-5-6-11(17)24-10)12(8-3-2-4-8)14(21-22)20-15(23)9-7-16(9,18)19/h5-6,8-9H,2-4,7H2,1H3,(H,20,21,23)/t9-/m1/s1. The second-order valence-corrected chi connectivity index (χ2v) is 8.19. The molecule has 1 atom stereocenters.